The molecule has 0 bridgehead atoms. The van der Waals surface area contributed by atoms with E-state index in [2.05, 4.69) is 57.8 Å². The van der Waals surface area contributed by atoms with E-state index in [0.29, 0.717) is 0 Å². The second-order valence-electron chi connectivity index (χ2n) is 5.19. The Hall–Kier alpha value is -1.94. The van der Waals surface area contributed by atoms with Crippen LogP contribution in [0.4, 0.5) is 0 Å². The average Bonchev–Trinajstić information content (AvgIpc) is 2.81. The van der Waals surface area contributed by atoms with Crippen LogP contribution in [0.15, 0.2) is 46.9 Å². The maximum absolute atomic E-state index is 5.63. The molecule has 1 heterocycles. The molecular weight excluding hydrogens is 342 g/mol. The molecule has 0 aliphatic rings. The second kappa shape index (κ2) is 6.05. The second-order valence-corrected chi connectivity index (χ2v) is 6.10. The van der Waals surface area contributed by atoms with Crippen molar-refractivity contribution in [3.8, 4) is 11.5 Å². The molecule has 3 aromatic rings. The zero-order valence-electron chi connectivity index (χ0n) is 12.9. The molecule has 0 amide bonds. The van der Waals surface area contributed by atoms with Crippen LogP contribution in [0.5, 0.6) is 11.5 Å². The molecule has 22 heavy (non-hydrogen) atoms. The lowest BCUT2D eigenvalue weighted by Crippen LogP contribution is -2.01. The fraction of sp³-hybridized carbons (Fsp3) is 0.222. The number of rotatable bonds is 4. The van der Waals surface area contributed by atoms with Crippen LogP contribution in [-0.4, -0.2) is 18.8 Å². The Morgan fingerprint density at radius 1 is 1.00 bits per heavy atom. The number of methoxy groups -OCH3 is 2. The lowest BCUT2D eigenvalue weighted by Gasteiger charge is -2.09. The Labute approximate surface area is 138 Å². The maximum atomic E-state index is 5.63. The molecule has 0 saturated carbocycles. The van der Waals surface area contributed by atoms with E-state index in [-0.39, 0.29) is 0 Å². The fourth-order valence-corrected chi connectivity index (χ4v) is 3.12. The van der Waals surface area contributed by atoms with Gasteiger partial charge in [-0.25, -0.2) is 0 Å². The molecule has 0 saturated heterocycles. The molecule has 0 fully saturated rings. The lowest BCUT2D eigenvalue weighted by molar-refractivity contribution is 0.403. The van der Waals surface area contributed by atoms with Crippen LogP contribution in [0.2, 0.25) is 0 Å². The highest BCUT2D eigenvalue weighted by molar-refractivity contribution is 9.10. The molecule has 3 rings (SSSR count). The van der Waals surface area contributed by atoms with Crippen molar-refractivity contribution in [3.63, 3.8) is 0 Å². The molecule has 0 aliphatic carbocycles. The van der Waals surface area contributed by atoms with Crippen LogP contribution < -0.4 is 9.47 Å². The van der Waals surface area contributed by atoms with Gasteiger partial charge in [0.25, 0.3) is 0 Å². The van der Waals surface area contributed by atoms with Gasteiger partial charge in [-0.3, -0.25) is 0 Å². The Balaban J connectivity index is 2.17. The van der Waals surface area contributed by atoms with E-state index in [4.69, 9.17) is 9.47 Å². The normalized spacial score (nSPS) is 10.9. The predicted octanol–water partition coefficient (Wildman–Crippen LogP) is 4.78. The molecule has 114 valence electrons. The number of halogens is 1. The van der Waals surface area contributed by atoms with E-state index in [9.17, 15) is 0 Å². The summed E-state index contributed by atoms with van der Waals surface area (Å²) in [6.07, 6.45) is 0. The van der Waals surface area contributed by atoms with Gasteiger partial charge in [0.15, 0.2) is 5.75 Å². The van der Waals surface area contributed by atoms with Crippen LogP contribution in [0.3, 0.4) is 0 Å². The van der Waals surface area contributed by atoms with Crippen molar-refractivity contribution in [1.29, 1.82) is 0 Å². The molecule has 2 aromatic carbocycles. The van der Waals surface area contributed by atoms with E-state index in [1.54, 1.807) is 14.2 Å². The minimum Gasteiger partial charge on any atom is -0.496 e. The van der Waals surface area contributed by atoms with Crippen molar-refractivity contribution in [2.75, 3.05) is 14.2 Å². The first-order chi connectivity index (χ1) is 10.7. The fourth-order valence-electron chi connectivity index (χ4n) is 2.85. The lowest BCUT2D eigenvalue weighted by atomic mass is 10.2. The van der Waals surface area contributed by atoms with Crippen molar-refractivity contribution in [3.05, 3.63) is 58.2 Å². The van der Waals surface area contributed by atoms with Crippen LogP contribution in [0.25, 0.3) is 10.9 Å². The highest BCUT2D eigenvalue weighted by Crippen LogP contribution is 2.39. The zero-order chi connectivity index (χ0) is 15.7. The van der Waals surface area contributed by atoms with Crippen LogP contribution in [0, 0.1) is 6.92 Å². The Morgan fingerprint density at radius 3 is 2.36 bits per heavy atom. The largest absolute Gasteiger partial charge is 0.496 e. The van der Waals surface area contributed by atoms with Crippen molar-refractivity contribution < 1.29 is 9.47 Å². The van der Waals surface area contributed by atoms with E-state index in [1.807, 2.05) is 12.1 Å². The molecule has 3 nitrogen and oxygen atoms in total. The van der Waals surface area contributed by atoms with Crippen molar-refractivity contribution in [2.24, 2.45) is 0 Å². The van der Waals surface area contributed by atoms with Crippen LogP contribution in [-0.2, 0) is 6.54 Å². The van der Waals surface area contributed by atoms with Crippen molar-refractivity contribution in [2.45, 2.75) is 13.5 Å². The summed E-state index contributed by atoms with van der Waals surface area (Å²) < 4.78 is 14.5. The highest BCUT2D eigenvalue weighted by Gasteiger charge is 2.18. The third-order valence-corrected chi connectivity index (χ3v) is 4.46. The van der Waals surface area contributed by atoms with Gasteiger partial charge < -0.3 is 14.0 Å². The van der Waals surface area contributed by atoms with E-state index in [1.165, 1.54) is 5.56 Å². The monoisotopic (exact) mass is 359 g/mol. The van der Waals surface area contributed by atoms with E-state index < -0.39 is 0 Å². The third-order valence-electron chi connectivity index (χ3n) is 3.93. The van der Waals surface area contributed by atoms with Gasteiger partial charge in [0.05, 0.1) is 30.8 Å². The Bertz CT molecular complexity index is 806. The molecule has 4 heteroatoms. The van der Waals surface area contributed by atoms with Crippen molar-refractivity contribution >= 4 is 26.8 Å². The summed E-state index contributed by atoms with van der Waals surface area (Å²) >= 11 is 3.48. The predicted molar refractivity (Wildman–Crippen MR) is 93.0 cm³/mol. The highest BCUT2D eigenvalue weighted by atomic mass is 79.9. The van der Waals surface area contributed by atoms with Crippen LogP contribution >= 0.6 is 15.9 Å². The number of fused-ring (bicyclic) bond motifs is 1. The first kappa shape index (κ1) is 15.0. The first-order valence-corrected chi connectivity index (χ1v) is 7.89. The van der Waals surface area contributed by atoms with Gasteiger partial charge in [-0.05, 0) is 36.8 Å². The summed E-state index contributed by atoms with van der Waals surface area (Å²) in [7, 11) is 3.40. The number of aromatic nitrogens is 1. The quantitative estimate of drug-likeness (QED) is 0.669. The molecule has 0 aliphatic heterocycles. The maximum Gasteiger partial charge on any atom is 0.151 e. The van der Waals surface area contributed by atoms with Gasteiger partial charge in [-0.2, -0.15) is 0 Å². The molecular formula is C18H18BrNO2. The number of benzene rings is 2. The van der Waals surface area contributed by atoms with E-state index >= 15 is 0 Å². The van der Waals surface area contributed by atoms with Crippen LogP contribution in [0.1, 0.15) is 11.3 Å². The summed E-state index contributed by atoms with van der Waals surface area (Å²) in [6, 6.07) is 14.5. The molecule has 0 spiro atoms. The summed E-state index contributed by atoms with van der Waals surface area (Å²) in [5.41, 5.74) is 3.47. The molecule has 1 aromatic heterocycles. The Morgan fingerprint density at radius 2 is 1.73 bits per heavy atom. The first-order valence-electron chi connectivity index (χ1n) is 7.10. The van der Waals surface area contributed by atoms with Gasteiger partial charge in [0, 0.05) is 11.0 Å². The zero-order valence-corrected chi connectivity index (χ0v) is 14.5. The summed E-state index contributed by atoms with van der Waals surface area (Å²) in [5, 5.41) is 1.03. The van der Waals surface area contributed by atoms with Gasteiger partial charge in [-0.1, -0.05) is 34.1 Å². The third kappa shape index (κ3) is 2.48. The number of nitrogens with zero attached hydrogens (tertiary/aromatic N) is 1. The summed E-state index contributed by atoms with van der Waals surface area (Å²) in [5.74, 6) is 1.72. The van der Waals surface area contributed by atoms with Crippen molar-refractivity contribution in [1.82, 2.24) is 4.57 Å². The summed E-state index contributed by atoms with van der Waals surface area (Å²) in [4.78, 5) is 0. The van der Waals surface area contributed by atoms with Gasteiger partial charge in [0.2, 0.25) is 0 Å². The summed E-state index contributed by atoms with van der Waals surface area (Å²) in [6.45, 7) is 2.88. The van der Waals surface area contributed by atoms with Gasteiger partial charge >= 0.3 is 0 Å². The van der Waals surface area contributed by atoms with E-state index in [0.717, 1.165) is 39.1 Å². The standard InChI is InChI=1S/C18H18BrNO2/c1-12-18(22-3)17-15(5-4-6-16(17)21-2)20(12)11-13-7-9-14(19)10-8-13/h4-10H,11H2,1-3H3. The molecule has 0 radical (unpaired) electrons. The number of ether oxygens (including phenoxy) is 2. The molecule has 0 atom stereocenters. The molecule has 0 N–H and O–H groups in total. The van der Waals surface area contributed by atoms with Gasteiger partial charge in [-0.15, -0.1) is 0 Å². The minimum atomic E-state index is 0.798. The SMILES string of the molecule is COc1cccc2c1c(OC)c(C)n2Cc1ccc(Br)cc1. The Kier molecular flexibility index (Phi) is 4.12. The smallest absolute Gasteiger partial charge is 0.151 e. The van der Waals surface area contributed by atoms with Gasteiger partial charge in [0.1, 0.15) is 5.75 Å². The number of hydrogen-bond acceptors (Lipinski definition) is 2. The number of hydrogen-bond donors (Lipinski definition) is 0. The average molecular weight is 360 g/mol. The topological polar surface area (TPSA) is 23.4 Å². The molecule has 0 unspecified atom stereocenters. The minimum absolute atomic E-state index is 0.798.